The van der Waals surface area contributed by atoms with Gasteiger partial charge in [-0.1, -0.05) is 18.0 Å². The highest BCUT2D eigenvalue weighted by molar-refractivity contribution is 5.76. The SMILES string of the molecule is O=C(CCc1nc(C2CC2)no1)N(C[C@H]1CCCO1)C1CCCC1. The van der Waals surface area contributed by atoms with E-state index >= 15 is 0 Å². The molecule has 0 N–H and O–H groups in total. The van der Waals surface area contributed by atoms with Crippen molar-refractivity contribution in [2.75, 3.05) is 13.2 Å². The Bertz CT molecular complexity index is 558. The van der Waals surface area contributed by atoms with Crippen LogP contribution in [0, 0.1) is 0 Å². The normalized spacial score (nSPS) is 24.6. The maximum absolute atomic E-state index is 12.8. The van der Waals surface area contributed by atoms with E-state index in [0.717, 1.165) is 57.5 Å². The molecular formula is C18H27N3O3. The number of aryl methyl sites for hydroxylation is 1. The fourth-order valence-electron chi connectivity index (χ4n) is 3.91. The van der Waals surface area contributed by atoms with E-state index in [1.807, 2.05) is 0 Å². The Morgan fingerprint density at radius 2 is 1.96 bits per heavy atom. The predicted octanol–water partition coefficient (Wildman–Crippen LogP) is 2.83. The summed E-state index contributed by atoms with van der Waals surface area (Å²) in [5.41, 5.74) is 0. The summed E-state index contributed by atoms with van der Waals surface area (Å²) in [5.74, 6) is 2.13. The van der Waals surface area contributed by atoms with Gasteiger partial charge in [-0.05, 0) is 38.5 Å². The van der Waals surface area contributed by atoms with Crippen LogP contribution in [0.1, 0.15) is 75.4 Å². The third-order valence-corrected chi connectivity index (χ3v) is 5.49. The third-order valence-electron chi connectivity index (χ3n) is 5.49. The number of hydrogen-bond donors (Lipinski definition) is 0. The molecule has 1 aromatic heterocycles. The van der Waals surface area contributed by atoms with Gasteiger partial charge in [0.15, 0.2) is 5.82 Å². The summed E-state index contributed by atoms with van der Waals surface area (Å²) in [6.07, 6.45) is 10.5. The van der Waals surface area contributed by atoms with Crippen LogP contribution in [0.2, 0.25) is 0 Å². The molecule has 2 aliphatic carbocycles. The lowest BCUT2D eigenvalue weighted by atomic mass is 10.1. The minimum atomic E-state index is 0.212. The number of amides is 1. The number of hydrogen-bond acceptors (Lipinski definition) is 5. The van der Waals surface area contributed by atoms with Crippen molar-refractivity contribution < 1.29 is 14.1 Å². The summed E-state index contributed by atoms with van der Waals surface area (Å²) in [6, 6.07) is 0.395. The van der Waals surface area contributed by atoms with Crippen LogP contribution in [0.5, 0.6) is 0 Å². The lowest BCUT2D eigenvalue weighted by Gasteiger charge is -2.31. The monoisotopic (exact) mass is 333 g/mol. The number of carbonyl (C=O) groups is 1. The van der Waals surface area contributed by atoms with Crippen molar-refractivity contribution in [3.8, 4) is 0 Å². The van der Waals surface area contributed by atoms with E-state index in [0.29, 0.717) is 30.7 Å². The summed E-state index contributed by atoms with van der Waals surface area (Å²) in [4.78, 5) is 19.3. The molecular weight excluding hydrogens is 306 g/mol. The molecule has 0 bridgehead atoms. The van der Waals surface area contributed by atoms with E-state index in [9.17, 15) is 4.79 Å². The summed E-state index contributed by atoms with van der Waals surface area (Å²) < 4.78 is 11.1. The van der Waals surface area contributed by atoms with E-state index in [4.69, 9.17) is 9.26 Å². The van der Waals surface area contributed by atoms with E-state index in [-0.39, 0.29) is 12.0 Å². The third kappa shape index (κ3) is 3.79. The molecule has 3 aliphatic rings. The Balaban J connectivity index is 1.34. The Morgan fingerprint density at radius 3 is 2.67 bits per heavy atom. The number of ether oxygens (including phenoxy) is 1. The average molecular weight is 333 g/mol. The first-order valence-corrected chi connectivity index (χ1v) is 9.53. The zero-order valence-electron chi connectivity index (χ0n) is 14.3. The van der Waals surface area contributed by atoms with Gasteiger partial charge in [0, 0.05) is 38.0 Å². The number of carbonyl (C=O) groups excluding carboxylic acids is 1. The van der Waals surface area contributed by atoms with Crippen LogP contribution in [0.4, 0.5) is 0 Å². The van der Waals surface area contributed by atoms with Gasteiger partial charge >= 0.3 is 0 Å². The molecule has 2 heterocycles. The van der Waals surface area contributed by atoms with Gasteiger partial charge in [0.05, 0.1) is 6.10 Å². The van der Waals surface area contributed by atoms with Crippen LogP contribution in [0.3, 0.4) is 0 Å². The second-order valence-corrected chi connectivity index (χ2v) is 7.44. The Kier molecular flexibility index (Phi) is 4.83. The van der Waals surface area contributed by atoms with Crippen molar-refractivity contribution in [3.05, 3.63) is 11.7 Å². The van der Waals surface area contributed by atoms with Gasteiger partial charge < -0.3 is 14.2 Å². The Hall–Kier alpha value is -1.43. The molecule has 0 aromatic carbocycles. The molecule has 0 unspecified atom stereocenters. The van der Waals surface area contributed by atoms with E-state index in [2.05, 4.69) is 15.0 Å². The summed E-state index contributed by atoms with van der Waals surface area (Å²) >= 11 is 0. The summed E-state index contributed by atoms with van der Waals surface area (Å²) in [7, 11) is 0. The quantitative estimate of drug-likeness (QED) is 0.767. The topological polar surface area (TPSA) is 68.5 Å². The van der Waals surface area contributed by atoms with E-state index in [1.54, 1.807) is 0 Å². The number of rotatable bonds is 7. The maximum Gasteiger partial charge on any atom is 0.227 e. The zero-order valence-corrected chi connectivity index (χ0v) is 14.3. The molecule has 1 aliphatic heterocycles. The molecule has 0 radical (unpaired) electrons. The molecule has 24 heavy (non-hydrogen) atoms. The van der Waals surface area contributed by atoms with Crippen molar-refractivity contribution in [3.63, 3.8) is 0 Å². The molecule has 132 valence electrons. The van der Waals surface area contributed by atoms with Crippen molar-refractivity contribution in [1.29, 1.82) is 0 Å². The highest BCUT2D eigenvalue weighted by atomic mass is 16.5. The van der Waals surface area contributed by atoms with Crippen LogP contribution in [0.25, 0.3) is 0 Å². The lowest BCUT2D eigenvalue weighted by molar-refractivity contribution is -0.135. The standard InChI is InChI=1S/C18H27N3O3/c22-17(10-9-16-19-18(20-24-16)13-7-8-13)21(14-4-1-2-5-14)12-15-6-3-11-23-15/h13-15H,1-12H2/t15-/m1/s1. The number of nitrogens with zero attached hydrogens (tertiary/aromatic N) is 3. The molecule has 6 nitrogen and oxygen atoms in total. The minimum absolute atomic E-state index is 0.212. The van der Waals surface area contributed by atoms with Gasteiger partial charge in [0.25, 0.3) is 0 Å². The fourth-order valence-corrected chi connectivity index (χ4v) is 3.91. The Morgan fingerprint density at radius 1 is 1.12 bits per heavy atom. The lowest BCUT2D eigenvalue weighted by Crippen LogP contribution is -2.43. The van der Waals surface area contributed by atoms with Gasteiger partial charge in [-0.2, -0.15) is 4.98 Å². The molecule has 2 saturated carbocycles. The first-order valence-electron chi connectivity index (χ1n) is 9.53. The summed E-state index contributed by atoms with van der Waals surface area (Å²) in [5, 5.41) is 4.03. The Labute approximate surface area is 142 Å². The fraction of sp³-hybridized carbons (Fsp3) is 0.833. The molecule has 1 aromatic rings. The van der Waals surface area contributed by atoms with Gasteiger partial charge in [0.1, 0.15) is 0 Å². The highest BCUT2D eigenvalue weighted by Crippen LogP contribution is 2.38. The van der Waals surface area contributed by atoms with Crippen molar-refractivity contribution >= 4 is 5.91 Å². The second-order valence-electron chi connectivity index (χ2n) is 7.44. The van der Waals surface area contributed by atoms with Crippen molar-refractivity contribution in [2.24, 2.45) is 0 Å². The van der Waals surface area contributed by atoms with Crippen LogP contribution >= 0.6 is 0 Å². The van der Waals surface area contributed by atoms with E-state index in [1.165, 1.54) is 12.8 Å². The molecule has 1 atom stereocenters. The molecule has 3 fully saturated rings. The van der Waals surface area contributed by atoms with Gasteiger partial charge in [-0.3, -0.25) is 4.79 Å². The van der Waals surface area contributed by atoms with Crippen molar-refractivity contribution in [2.45, 2.75) is 82.3 Å². The highest BCUT2D eigenvalue weighted by Gasteiger charge is 2.31. The van der Waals surface area contributed by atoms with Crippen LogP contribution < -0.4 is 0 Å². The molecule has 0 spiro atoms. The number of aromatic nitrogens is 2. The second kappa shape index (κ2) is 7.21. The first kappa shape index (κ1) is 16.1. The van der Waals surface area contributed by atoms with Gasteiger partial charge in [-0.15, -0.1) is 0 Å². The molecule has 6 heteroatoms. The average Bonchev–Trinajstić information content (AvgIpc) is 3.06. The smallest absolute Gasteiger partial charge is 0.227 e. The first-order chi connectivity index (χ1) is 11.8. The molecule has 1 saturated heterocycles. The molecule has 4 rings (SSSR count). The minimum Gasteiger partial charge on any atom is -0.376 e. The molecule has 1 amide bonds. The predicted molar refractivity (Wildman–Crippen MR) is 87.5 cm³/mol. The summed E-state index contributed by atoms with van der Waals surface area (Å²) in [6.45, 7) is 1.59. The van der Waals surface area contributed by atoms with E-state index < -0.39 is 0 Å². The van der Waals surface area contributed by atoms with Gasteiger partial charge in [0.2, 0.25) is 11.8 Å². The largest absolute Gasteiger partial charge is 0.376 e. The van der Waals surface area contributed by atoms with Crippen LogP contribution in [-0.4, -0.2) is 46.2 Å². The van der Waals surface area contributed by atoms with Crippen LogP contribution in [0.15, 0.2) is 4.52 Å². The van der Waals surface area contributed by atoms with Crippen LogP contribution in [-0.2, 0) is 16.0 Å². The van der Waals surface area contributed by atoms with Crippen molar-refractivity contribution in [1.82, 2.24) is 15.0 Å². The zero-order chi connectivity index (χ0) is 16.4. The maximum atomic E-state index is 12.8. The van der Waals surface area contributed by atoms with Gasteiger partial charge in [-0.25, -0.2) is 0 Å².